The Kier molecular flexibility index (Phi) is 4.71. The molecule has 0 saturated heterocycles. The SMILES string of the molecule is C[C@@H](Oc1ccc(Oc2ccc(CF)cn2)cc1)C(=O)O. The van der Waals surface area contributed by atoms with Gasteiger partial charge in [-0.1, -0.05) is 0 Å². The minimum atomic E-state index is -1.03. The number of rotatable bonds is 6. The van der Waals surface area contributed by atoms with E-state index in [0.717, 1.165) is 0 Å². The van der Waals surface area contributed by atoms with Crippen LogP contribution in [-0.2, 0) is 11.5 Å². The Morgan fingerprint density at radius 3 is 2.43 bits per heavy atom. The molecular formula is C15H14FNO4. The Balaban J connectivity index is 1.99. The van der Waals surface area contributed by atoms with Crippen LogP contribution >= 0.6 is 0 Å². The normalized spacial score (nSPS) is 11.7. The van der Waals surface area contributed by atoms with Crippen LogP contribution in [0.1, 0.15) is 12.5 Å². The van der Waals surface area contributed by atoms with Gasteiger partial charge in [-0.15, -0.1) is 0 Å². The van der Waals surface area contributed by atoms with Crippen molar-refractivity contribution >= 4 is 5.97 Å². The third-order valence-corrected chi connectivity index (χ3v) is 2.66. The highest BCUT2D eigenvalue weighted by molar-refractivity contribution is 5.72. The zero-order valence-electron chi connectivity index (χ0n) is 11.3. The Morgan fingerprint density at radius 2 is 1.90 bits per heavy atom. The number of aromatic nitrogens is 1. The summed E-state index contributed by atoms with van der Waals surface area (Å²) in [7, 11) is 0. The summed E-state index contributed by atoms with van der Waals surface area (Å²) in [4.78, 5) is 14.6. The molecule has 1 N–H and O–H groups in total. The first-order chi connectivity index (χ1) is 10.1. The van der Waals surface area contributed by atoms with Crippen LogP contribution in [0.3, 0.4) is 0 Å². The fraction of sp³-hybridized carbons (Fsp3) is 0.200. The summed E-state index contributed by atoms with van der Waals surface area (Å²) >= 11 is 0. The molecule has 2 aromatic rings. The fourth-order valence-electron chi connectivity index (χ4n) is 1.51. The van der Waals surface area contributed by atoms with Gasteiger partial charge in [0.15, 0.2) is 6.10 Å². The summed E-state index contributed by atoms with van der Waals surface area (Å²) in [5.41, 5.74) is 0.480. The summed E-state index contributed by atoms with van der Waals surface area (Å²) in [5.74, 6) is 0.260. The quantitative estimate of drug-likeness (QED) is 0.885. The van der Waals surface area contributed by atoms with Gasteiger partial charge in [0, 0.05) is 17.8 Å². The minimum absolute atomic E-state index is 0.347. The summed E-state index contributed by atoms with van der Waals surface area (Å²) < 4.78 is 23.0. The molecule has 2 rings (SSSR count). The number of carboxylic acids is 1. The molecule has 0 aliphatic carbocycles. The van der Waals surface area contributed by atoms with Gasteiger partial charge in [-0.2, -0.15) is 0 Å². The molecule has 0 aliphatic heterocycles. The second kappa shape index (κ2) is 6.69. The van der Waals surface area contributed by atoms with Gasteiger partial charge in [-0.3, -0.25) is 0 Å². The minimum Gasteiger partial charge on any atom is -0.479 e. The van der Waals surface area contributed by atoms with Gasteiger partial charge < -0.3 is 14.6 Å². The van der Waals surface area contributed by atoms with Gasteiger partial charge >= 0.3 is 5.97 Å². The van der Waals surface area contributed by atoms with Crippen LogP contribution < -0.4 is 9.47 Å². The Bertz CT molecular complexity index is 598. The first-order valence-electron chi connectivity index (χ1n) is 6.27. The maximum absolute atomic E-state index is 12.4. The van der Waals surface area contributed by atoms with Crippen LogP contribution in [-0.4, -0.2) is 22.2 Å². The zero-order chi connectivity index (χ0) is 15.2. The molecule has 0 unspecified atom stereocenters. The van der Waals surface area contributed by atoms with E-state index in [2.05, 4.69) is 4.98 Å². The molecule has 1 atom stereocenters. The highest BCUT2D eigenvalue weighted by Gasteiger charge is 2.12. The van der Waals surface area contributed by atoms with Crippen molar-refractivity contribution in [1.29, 1.82) is 0 Å². The molecule has 1 aromatic heterocycles. The van der Waals surface area contributed by atoms with Gasteiger partial charge in [0.1, 0.15) is 18.2 Å². The van der Waals surface area contributed by atoms with E-state index in [-0.39, 0.29) is 0 Å². The van der Waals surface area contributed by atoms with Crippen molar-refractivity contribution < 1.29 is 23.8 Å². The molecule has 0 spiro atoms. The number of aliphatic carboxylic acids is 1. The number of alkyl halides is 1. The number of nitrogens with zero attached hydrogens (tertiary/aromatic N) is 1. The third kappa shape index (κ3) is 4.17. The van der Waals surface area contributed by atoms with Gasteiger partial charge in [0.25, 0.3) is 0 Å². The molecule has 1 heterocycles. The summed E-state index contributed by atoms with van der Waals surface area (Å²) in [6.07, 6.45) is 0.480. The lowest BCUT2D eigenvalue weighted by Gasteiger charge is -2.11. The van der Waals surface area contributed by atoms with Gasteiger partial charge in [0.2, 0.25) is 5.88 Å². The number of hydrogen-bond donors (Lipinski definition) is 1. The Morgan fingerprint density at radius 1 is 1.24 bits per heavy atom. The molecule has 5 nitrogen and oxygen atoms in total. The van der Waals surface area contributed by atoms with Crippen LogP contribution in [0.25, 0.3) is 0 Å². The van der Waals surface area contributed by atoms with Gasteiger partial charge in [-0.05, 0) is 37.3 Å². The monoisotopic (exact) mass is 291 g/mol. The average molecular weight is 291 g/mol. The number of pyridine rings is 1. The van der Waals surface area contributed by atoms with Crippen molar-refractivity contribution in [2.24, 2.45) is 0 Å². The van der Waals surface area contributed by atoms with E-state index in [1.54, 1.807) is 36.4 Å². The van der Waals surface area contributed by atoms with Crippen molar-refractivity contribution in [3.63, 3.8) is 0 Å². The van der Waals surface area contributed by atoms with Crippen LogP contribution in [0, 0.1) is 0 Å². The van der Waals surface area contributed by atoms with E-state index in [1.165, 1.54) is 13.1 Å². The number of hydrogen-bond acceptors (Lipinski definition) is 4. The third-order valence-electron chi connectivity index (χ3n) is 2.66. The summed E-state index contributed by atoms with van der Waals surface area (Å²) in [6.45, 7) is 0.879. The number of halogens is 1. The highest BCUT2D eigenvalue weighted by atomic mass is 19.1. The van der Waals surface area contributed by atoms with Crippen molar-refractivity contribution in [3.05, 3.63) is 48.2 Å². The van der Waals surface area contributed by atoms with E-state index >= 15 is 0 Å². The molecule has 21 heavy (non-hydrogen) atoms. The maximum Gasteiger partial charge on any atom is 0.344 e. The molecule has 0 saturated carbocycles. The summed E-state index contributed by atoms with van der Waals surface area (Å²) in [5, 5.41) is 8.75. The number of ether oxygens (including phenoxy) is 2. The Hall–Kier alpha value is -2.63. The van der Waals surface area contributed by atoms with Crippen molar-refractivity contribution in [3.8, 4) is 17.4 Å². The lowest BCUT2D eigenvalue weighted by atomic mass is 10.3. The molecule has 0 aliphatic rings. The van der Waals surface area contributed by atoms with Gasteiger partial charge in [0.05, 0.1) is 0 Å². The number of benzene rings is 1. The molecular weight excluding hydrogens is 277 g/mol. The van der Waals surface area contributed by atoms with Crippen LogP contribution in [0.15, 0.2) is 42.6 Å². The molecule has 6 heteroatoms. The predicted molar refractivity (Wildman–Crippen MR) is 73.3 cm³/mol. The fourth-order valence-corrected chi connectivity index (χ4v) is 1.51. The maximum atomic E-state index is 12.4. The molecule has 0 radical (unpaired) electrons. The van der Waals surface area contributed by atoms with Crippen LogP contribution in [0.4, 0.5) is 4.39 Å². The second-order valence-electron chi connectivity index (χ2n) is 4.31. The lowest BCUT2D eigenvalue weighted by molar-refractivity contribution is -0.144. The van der Waals surface area contributed by atoms with E-state index in [0.29, 0.717) is 22.9 Å². The second-order valence-corrected chi connectivity index (χ2v) is 4.31. The van der Waals surface area contributed by atoms with Crippen molar-refractivity contribution in [2.75, 3.05) is 0 Å². The number of carboxylic acid groups (broad SMARTS) is 1. The Labute approximate surface area is 121 Å². The molecule has 0 amide bonds. The van der Waals surface area contributed by atoms with E-state index < -0.39 is 18.7 Å². The van der Waals surface area contributed by atoms with E-state index in [1.807, 2.05) is 0 Å². The van der Waals surface area contributed by atoms with Gasteiger partial charge in [-0.25, -0.2) is 14.2 Å². The molecule has 110 valence electrons. The molecule has 0 bridgehead atoms. The standard InChI is InChI=1S/C15H14FNO4/c1-10(15(18)19)20-12-3-5-13(6-4-12)21-14-7-2-11(8-16)9-17-14/h2-7,9-10H,8H2,1H3,(H,18,19)/t10-/m1/s1. The van der Waals surface area contributed by atoms with E-state index in [4.69, 9.17) is 14.6 Å². The topological polar surface area (TPSA) is 68.7 Å². The molecule has 1 aromatic carbocycles. The largest absolute Gasteiger partial charge is 0.479 e. The highest BCUT2D eigenvalue weighted by Crippen LogP contribution is 2.23. The zero-order valence-corrected chi connectivity index (χ0v) is 11.3. The lowest BCUT2D eigenvalue weighted by Crippen LogP contribution is -2.22. The summed E-state index contributed by atoms with van der Waals surface area (Å²) in [6, 6.07) is 9.64. The molecule has 0 fully saturated rings. The van der Waals surface area contributed by atoms with Crippen LogP contribution in [0.2, 0.25) is 0 Å². The first-order valence-corrected chi connectivity index (χ1v) is 6.27. The average Bonchev–Trinajstić information content (AvgIpc) is 2.50. The predicted octanol–water partition coefficient (Wildman–Crippen LogP) is 3.20. The smallest absolute Gasteiger partial charge is 0.344 e. The first kappa shape index (κ1) is 14.8. The van der Waals surface area contributed by atoms with E-state index in [9.17, 15) is 9.18 Å². The number of carbonyl (C=O) groups is 1. The van der Waals surface area contributed by atoms with Crippen molar-refractivity contribution in [1.82, 2.24) is 4.98 Å². The van der Waals surface area contributed by atoms with Crippen molar-refractivity contribution in [2.45, 2.75) is 19.7 Å². The van der Waals surface area contributed by atoms with Crippen LogP contribution in [0.5, 0.6) is 17.4 Å².